The zero-order chi connectivity index (χ0) is 16.6. The molecule has 0 aliphatic rings. The van der Waals surface area contributed by atoms with Crippen LogP contribution in [0.4, 0.5) is 24.5 Å². The van der Waals surface area contributed by atoms with E-state index in [9.17, 15) is 13.2 Å². The van der Waals surface area contributed by atoms with E-state index in [4.69, 9.17) is 0 Å². The summed E-state index contributed by atoms with van der Waals surface area (Å²) in [4.78, 5) is 4.13. The van der Waals surface area contributed by atoms with Gasteiger partial charge < -0.3 is 5.32 Å². The lowest BCUT2D eigenvalue weighted by Crippen LogP contribution is -2.05. The van der Waals surface area contributed by atoms with Gasteiger partial charge in [-0.3, -0.25) is 4.98 Å². The van der Waals surface area contributed by atoms with E-state index in [0.717, 1.165) is 27.9 Å². The third-order valence-corrected chi connectivity index (χ3v) is 4.02. The molecule has 1 aromatic heterocycles. The molecular formula is C17H12BrF3N2. The van der Waals surface area contributed by atoms with Crippen molar-refractivity contribution in [2.75, 3.05) is 5.32 Å². The minimum Gasteiger partial charge on any atom is -0.355 e. The summed E-state index contributed by atoms with van der Waals surface area (Å²) in [6.07, 6.45) is -2.80. The van der Waals surface area contributed by atoms with Gasteiger partial charge in [-0.1, -0.05) is 15.9 Å². The SMILES string of the molecule is Cc1cc(Br)ccc1Nc1ccnc2ccc(C(F)(F)F)cc12. The number of nitrogens with one attached hydrogen (secondary N) is 1. The molecule has 0 aliphatic heterocycles. The van der Waals surface area contributed by atoms with Crippen molar-refractivity contribution in [1.29, 1.82) is 0 Å². The molecule has 2 aromatic carbocycles. The number of halogens is 4. The third kappa shape index (κ3) is 3.32. The molecule has 3 aromatic rings. The van der Waals surface area contributed by atoms with Gasteiger partial charge in [0.25, 0.3) is 0 Å². The largest absolute Gasteiger partial charge is 0.416 e. The quantitative estimate of drug-likeness (QED) is 0.583. The third-order valence-electron chi connectivity index (χ3n) is 3.53. The first-order valence-electron chi connectivity index (χ1n) is 6.84. The summed E-state index contributed by atoms with van der Waals surface area (Å²) in [5.74, 6) is 0. The molecule has 0 saturated carbocycles. The monoisotopic (exact) mass is 380 g/mol. The van der Waals surface area contributed by atoms with E-state index in [1.807, 2.05) is 25.1 Å². The number of nitrogens with zero attached hydrogens (tertiary/aromatic N) is 1. The van der Waals surface area contributed by atoms with E-state index >= 15 is 0 Å². The molecule has 3 rings (SSSR count). The maximum Gasteiger partial charge on any atom is 0.416 e. The van der Waals surface area contributed by atoms with Crippen LogP contribution in [0.3, 0.4) is 0 Å². The molecule has 0 spiro atoms. The summed E-state index contributed by atoms with van der Waals surface area (Å²) in [6, 6.07) is 10.9. The van der Waals surface area contributed by atoms with Crippen LogP contribution in [0.2, 0.25) is 0 Å². The van der Waals surface area contributed by atoms with Gasteiger partial charge in [-0.2, -0.15) is 13.2 Å². The number of aryl methyl sites for hydroxylation is 1. The fraction of sp³-hybridized carbons (Fsp3) is 0.118. The predicted octanol–water partition coefficient (Wildman–Crippen LogP) is 6.07. The van der Waals surface area contributed by atoms with Crippen LogP contribution < -0.4 is 5.32 Å². The van der Waals surface area contributed by atoms with Crippen LogP contribution in [0.25, 0.3) is 10.9 Å². The molecule has 1 N–H and O–H groups in total. The molecule has 6 heteroatoms. The van der Waals surface area contributed by atoms with E-state index in [-0.39, 0.29) is 0 Å². The van der Waals surface area contributed by atoms with Crippen LogP contribution >= 0.6 is 15.9 Å². The highest BCUT2D eigenvalue weighted by Crippen LogP contribution is 2.34. The van der Waals surface area contributed by atoms with Gasteiger partial charge in [0.2, 0.25) is 0 Å². The molecular weight excluding hydrogens is 369 g/mol. The van der Waals surface area contributed by atoms with Crippen molar-refractivity contribution in [2.45, 2.75) is 13.1 Å². The second-order valence-corrected chi connectivity index (χ2v) is 6.09. The van der Waals surface area contributed by atoms with E-state index in [1.165, 1.54) is 6.07 Å². The zero-order valence-corrected chi connectivity index (χ0v) is 13.7. The summed E-state index contributed by atoms with van der Waals surface area (Å²) in [6.45, 7) is 1.93. The number of hydrogen-bond acceptors (Lipinski definition) is 2. The van der Waals surface area contributed by atoms with Gasteiger partial charge in [-0.05, 0) is 55.0 Å². The Labute approximate surface area is 139 Å². The number of hydrogen-bond donors (Lipinski definition) is 1. The highest BCUT2D eigenvalue weighted by molar-refractivity contribution is 9.10. The number of fused-ring (bicyclic) bond motifs is 1. The predicted molar refractivity (Wildman–Crippen MR) is 88.9 cm³/mol. The molecule has 0 saturated heterocycles. The van der Waals surface area contributed by atoms with Crippen molar-refractivity contribution < 1.29 is 13.2 Å². The second-order valence-electron chi connectivity index (χ2n) is 5.17. The Hall–Kier alpha value is -2.08. The normalized spacial score (nSPS) is 11.7. The summed E-state index contributed by atoms with van der Waals surface area (Å²) in [7, 11) is 0. The average molecular weight is 381 g/mol. The first-order valence-corrected chi connectivity index (χ1v) is 7.63. The van der Waals surface area contributed by atoms with E-state index in [2.05, 4.69) is 26.2 Å². The van der Waals surface area contributed by atoms with Crippen LogP contribution in [0, 0.1) is 6.92 Å². The molecule has 0 amide bonds. The Kier molecular flexibility index (Phi) is 4.02. The Balaban J connectivity index is 2.09. The van der Waals surface area contributed by atoms with Gasteiger partial charge in [0.15, 0.2) is 0 Å². The highest BCUT2D eigenvalue weighted by atomic mass is 79.9. The molecule has 0 bridgehead atoms. The summed E-state index contributed by atoms with van der Waals surface area (Å²) in [5.41, 5.74) is 2.23. The molecule has 0 fully saturated rings. The van der Waals surface area contributed by atoms with Gasteiger partial charge in [0, 0.05) is 27.4 Å². The van der Waals surface area contributed by atoms with Gasteiger partial charge in [0.05, 0.1) is 11.1 Å². The maximum atomic E-state index is 12.9. The summed E-state index contributed by atoms with van der Waals surface area (Å²) in [5, 5.41) is 3.63. The molecule has 2 nitrogen and oxygen atoms in total. The number of benzene rings is 2. The van der Waals surface area contributed by atoms with Crippen molar-refractivity contribution in [3.05, 3.63) is 64.3 Å². The van der Waals surface area contributed by atoms with Gasteiger partial charge in [-0.25, -0.2) is 0 Å². The van der Waals surface area contributed by atoms with E-state index in [0.29, 0.717) is 16.6 Å². The van der Waals surface area contributed by atoms with Crippen molar-refractivity contribution in [3.63, 3.8) is 0 Å². The summed E-state index contributed by atoms with van der Waals surface area (Å²) < 4.78 is 39.8. The molecule has 1 heterocycles. The van der Waals surface area contributed by atoms with Gasteiger partial charge >= 0.3 is 6.18 Å². The van der Waals surface area contributed by atoms with Crippen molar-refractivity contribution in [1.82, 2.24) is 4.98 Å². The first-order chi connectivity index (χ1) is 10.8. The molecule has 0 aliphatic carbocycles. The standard InChI is InChI=1S/C17H12BrF3N2/c1-10-8-12(18)3-5-14(10)23-16-6-7-22-15-4-2-11(9-13(15)16)17(19,20)21/h2-9H,1H3,(H,22,23). The maximum absolute atomic E-state index is 12.9. The minimum atomic E-state index is -4.38. The number of anilines is 2. The van der Waals surface area contributed by atoms with Crippen LogP contribution in [0.15, 0.2) is 53.1 Å². The lowest BCUT2D eigenvalue weighted by atomic mass is 10.1. The Morgan fingerprint density at radius 3 is 2.48 bits per heavy atom. The number of rotatable bonds is 2. The Bertz CT molecular complexity index is 875. The topological polar surface area (TPSA) is 24.9 Å². The fourth-order valence-corrected chi connectivity index (χ4v) is 2.82. The number of aromatic nitrogens is 1. The molecule has 0 radical (unpaired) electrons. The van der Waals surface area contributed by atoms with Crippen LogP contribution in [0.5, 0.6) is 0 Å². The van der Waals surface area contributed by atoms with Crippen LogP contribution in [-0.2, 0) is 6.18 Å². The highest BCUT2D eigenvalue weighted by Gasteiger charge is 2.30. The smallest absolute Gasteiger partial charge is 0.355 e. The molecule has 118 valence electrons. The molecule has 0 unspecified atom stereocenters. The van der Waals surface area contributed by atoms with E-state index < -0.39 is 11.7 Å². The van der Waals surface area contributed by atoms with Gasteiger partial charge in [-0.15, -0.1) is 0 Å². The first kappa shape index (κ1) is 15.8. The molecule has 23 heavy (non-hydrogen) atoms. The zero-order valence-electron chi connectivity index (χ0n) is 12.1. The van der Waals surface area contributed by atoms with Crippen LogP contribution in [0.1, 0.15) is 11.1 Å². The summed E-state index contributed by atoms with van der Waals surface area (Å²) >= 11 is 3.39. The van der Waals surface area contributed by atoms with Gasteiger partial charge in [0.1, 0.15) is 0 Å². The van der Waals surface area contributed by atoms with Crippen molar-refractivity contribution >= 4 is 38.2 Å². The van der Waals surface area contributed by atoms with Crippen molar-refractivity contribution in [2.24, 2.45) is 0 Å². The van der Waals surface area contributed by atoms with Crippen molar-refractivity contribution in [3.8, 4) is 0 Å². The van der Waals surface area contributed by atoms with Crippen LogP contribution in [-0.4, -0.2) is 4.98 Å². The Morgan fingerprint density at radius 2 is 1.78 bits per heavy atom. The number of alkyl halides is 3. The van der Waals surface area contributed by atoms with E-state index in [1.54, 1.807) is 12.3 Å². The lowest BCUT2D eigenvalue weighted by molar-refractivity contribution is -0.137. The lowest BCUT2D eigenvalue weighted by Gasteiger charge is -2.13. The Morgan fingerprint density at radius 1 is 1.00 bits per heavy atom. The number of pyridine rings is 1. The molecule has 0 atom stereocenters. The minimum absolute atomic E-state index is 0.435. The fourth-order valence-electron chi connectivity index (χ4n) is 2.34. The second kappa shape index (κ2) is 5.85. The average Bonchev–Trinajstić information content (AvgIpc) is 2.49.